The molecule has 3 aliphatic heterocycles. The lowest BCUT2D eigenvalue weighted by atomic mass is 10.0. The zero-order chi connectivity index (χ0) is 15.5. The second-order valence-corrected chi connectivity index (χ2v) is 6.27. The predicted molar refractivity (Wildman–Crippen MR) is 77.9 cm³/mol. The molecular weight excluding hydrogens is 286 g/mol. The first kappa shape index (κ1) is 15.3. The Bertz CT molecular complexity index is 454. The largest absolute Gasteiger partial charge is 0.368 e. The molecule has 22 heavy (non-hydrogen) atoms. The molecule has 3 fully saturated rings. The molecule has 0 bridgehead atoms. The third-order valence-corrected chi connectivity index (χ3v) is 4.67. The van der Waals surface area contributed by atoms with Crippen LogP contribution in [0.4, 0.5) is 0 Å². The van der Waals surface area contributed by atoms with Crippen LogP contribution in [-0.4, -0.2) is 60.5 Å². The molecule has 7 heteroatoms. The first-order valence-electron chi connectivity index (χ1n) is 8.13. The van der Waals surface area contributed by atoms with Gasteiger partial charge in [0, 0.05) is 32.2 Å². The Balaban J connectivity index is 1.43. The Morgan fingerprint density at radius 2 is 1.95 bits per heavy atom. The lowest BCUT2D eigenvalue weighted by Crippen LogP contribution is -2.52. The molecule has 0 radical (unpaired) electrons. The molecule has 122 valence electrons. The van der Waals surface area contributed by atoms with Crippen molar-refractivity contribution in [1.82, 2.24) is 15.5 Å². The number of likely N-dealkylation sites (tertiary alicyclic amines) is 1. The zero-order valence-corrected chi connectivity index (χ0v) is 12.7. The monoisotopic (exact) mass is 309 g/mol. The van der Waals surface area contributed by atoms with Crippen LogP contribution in [0.3, 0.4) is 0 Å². The minimum Gasteiger partial charge on any atom is -0.368 e. The Morgan fingerprint density at radius 3 is 2.55 bits per heavy atom. The van der Waals surface area contributed by atoms with Gasteiger partial charge in [-0.2, -0.15) is 0 Å². The molecule has 2 unspecified atom stereocenters. The highest BCUT2D eigenvalue weighted by Crippen LogP contribution is 2.17. The molecule has 0 spiro atoms. The summed E-state index contributed by atoms with van der Waals surface area (Å²) in [7, 11) is 0. The molecule has 0 aromatic heterocycles. The van der Waals surface area contributed by atoms with E-state index in [-0.39, 0.29) is 35.9 Å². The summed E-state index contributed by atoms with van der Waals surface area (Å²) in [6.07, 6.45) is 3.98. The number of nitrogens with zero attached hydrogens (tertiary/aromatic N) is 1. The van der Waals surface area contributed by atoms with Crippen molar-refractivity contribution in [3.05, 3.63) is 0 Å². The van der Waals surface area contributed by atoms with Crippen molar-refractivity contribution in [2.75, 3.05) is 19.7 Å². The average molecular weight is 309 g/mol. The second-order valence-electron chi connectivity index (χ2n) is 6.27. The summed E-state index contributed by atoms with van der Waals surface area (Å²) in [6.45, 7) is 1.92. The third-order valence-electron chi connectivity index (χ3n) is 4.67. The van der Waals surface area contributed by atoms with E-state index >= 15 is 0 Å². The average Bonchev–Trinajstić information content (AvgIpc) is 3.18. The third kappa shape index (κ3) is 3.40. The van der Waals surface area contributed by atoms with Crippen LogP contribution in [0.15, 0.2) is 0 Å². The van der Waals surface area contributed by atoms with E-state index in [0.717, 1.165) is 25.7 Å². The molecule has 3 saturated heterocycles. The Labute approximate surface area is 129 Å². The van der Waals surface area contributed by atoms with E-state index in [1.165, 1.54) is 0 Å². The number of amides is 3. The molecule has 0 aliphatic carbocycles. The first-order valence-corrected chi connectivity index (χ1v) is 8.13. The van der Waals surface area contributed by atoms with Gasteiger partial charge >= 0.3 is 0 Å². The predicted octanol–water partition coefficient (Wildman–Crippen LogP) is -0.449. The van der Waals surface area contributed by atoms with Crippen LogP contribution in [0, 0.1) is 0 Å². The summed E-state index contributed by atoms with van der Waals surface area (Å²) >= 11 is 0. The summed E-state index contributed by atoms with van der Waals surface area (Å²) in [5.41, 5.74) is 0. The molecule has 0 saturated carbocycles. The van der Waals surface area contributed by atoms with E-state index in [4.69, 9.17) is 4.74 Å². The maximum absolute atomic E-state index is 12.3. The molecule has 0 aromatic rings. The van der Waals surface area contributed by atoms with E-state index in [9.17, 15) is 14.4 Å². The minimum atomic E-state index is -0.356. The van der Waals surface area contributed by atoms with Gasteiger partial charge in [-0.25, -0.2) is 0 Å². The van der Waals surface area contributed by atoms with E-state index in [2.05, 4.69) is 10.6 Å². The summed E-state index contributed by atoms with van der Waals surface area (Å²) < 4.78 is 5.38. The molecule has 0 aromatic carbocycles. The van der Waals surface area contributed by atoms with Gasteiger partial charge in [-0.05, 0) is 32.1 Å². The van der Waals surface area contributed by atoms with Gasteiger partial charge in [-0.1, -0.05) is 0 Å². The second kappa shape index (κ2) is 6.64. The Hall–Kier alpha value is -1.63. The van der Waals surface area contributed by atoms with Crippen molar-refractivity contribution < 1.29 is 19.1 Å². The van der Waals surface area contributed by atoms with Gasteiger partial charge in [-0.15, -0.1) is 0 Å². The van der Waals surface area contributed by atoms with Gasteiger partial charge in [0.2, 0.25) is 17.7 Å². The van der Waals surface area contributed by atoms with Gasteiger partial charge in [-0.3, -0.25) is 14.4 Å². The van der Waals surface area contributed by atoms with Crippen LogP contribution in [0.25, 0.3) is 0 Å². The first-order chi connectivity index (χ1) is 10.6. The molecule has 3 heterocycles. The normalized spacial score (nSPS) is 29.5. The van der Waals surface area contributed by atoms with Crippen LogP contribution in [-0.2, 0) is 19.1 Å². The van der Waals surface area contributed by atoms with Crippen molar-refractivity contribution in [1.29, 1.82) is 0 Å². The van der Waals surface area contributed by atoms with E-state index in [0.29, 0.717) is 32.5 Å². The Kier molecular flexibility index (Phi) is 4.61. The standard InChI is InChI=1S/C15H23N3O4/c19-13-4-3-11(17-13)15(21)18-7-5-10(6-8-18)16-14(20)12-2-1-9-22-12/h10-12H,1-9H2,(H,16,20)(H,17,19). The quantitative estimate of drug-likeness (QED) is 0.739. The number of piperidine rings is 1. The molecule has 3 aliphatic rings. The van der Waals surface area contributed by atoms with Crippen LogP contribution in [0.2, 0.25) is 0 Å². The number of hydrogen-bond acceptors (Lipinski definition) is 4. The number of rotatable bonds is 3. The maximum atomic E-state index is 12.3. The van der Waals surface area contributed by atoms with Gasteiger partial charge in [0.1, 0.15) is 12.1 Å². The van der Waals surface area contributed by atoms with Crippen molar-refractivity contribution >= 4 is 17.7 Å². The topological polar surface area (TPSA) is 87.7 Å². The summed E-state index contributed by atoms with van der Waals surface area (Å²) in [4.78, 5) is 37.3. The van der Waals surface area contributed by atoms with Crippen molar-refractivity contribution in [2.24, 2.45) is 0 Å². The molecule has 7 nitrogen and oxygen atoms in total. The highest BCUT2D eigenvalue weighted by molar-refractivity contribution is 5.90. The van der Waals surface area contributed by atoms with Crippen molar-refractivity contribution in [2.45, 2.75) is 56.7 Å². The molecule has 3 rings (SSSR count). The number of carbonyl (C=O) groups is 3. The smallest absolute Gasteiger partial charge is 0.249 e. The highest BCUT2D eigenvalue weighted by atomic mass is 16.5. The lowest BCUT2D eigenvalue weighted by molar-refractivity contribution is -0.136. The van der Waals surface area contributed by atoms with E-state index in [1.54, 1.807) is 4.90 Å². The minimum absolute atomic E-state index is 0.00903. The number of carbonyl (C=O) groups excluding carboxylic acids is 3. The van der Waals surface area contributed by atoms with Crippen LogP contribution in [0.1, 0.15) is 38.5 Å². The van der Waals surface area contributed by atoms with E-state index < -0.39 is 0 Å². The molecular formula is C15H23N3O4. The summed E-state index contributed by atoms with van der Waals surface area (Å²) in [5.74, 6) is -0.0582. The highest BCUT2D eigenvalue weighted by Gasteiger charge is 2.33. The number of nitrogens with one attached hydrogen (secondary N) is 2. The van der Waals surface area contributed by atoms with Crippen LogP contribution >= 0.6 is 0 Å². The van der Waals surface area contributed by atoms with Crippen molar-refractivity contribution in [3.8, 4) is 0 Å². The van der Waals surface area contributed by atoms with Gasteiger partial charge in [0.25, 0.3) is 0 Å². The van der Waals surface area contributed by atoms with Gasteiger partial charge in [0.15, 0.2) is 0 Å². The Morgan fingerprint density at radius 1 is 1.18 bits per heavy atom. The van der Waals surface area contributed by atoms with Gasteiger partial charge in [0.05, 0.1) is 0 Å². The fourth-order valence-corrected chi connectivity index (χ4v) is 3.34. The maximum Gasteiger partial charge on any atom is 0.249 e. The fraction of sp³-hybridized carbons (Fsp3) is 0.800. The van der Waals surface area contributed by atoms with Crippen LogP contribution in [0.5, 0.6) is 0 Å². The summed E-state index contributed by atoms with van der Waals surface area (Å²) in [6, 6.07) is -0.246. The number of hydrogen-bond donors (Lipinski definition) is 2. The number of ether oxygens (including phenoxy) is 1. The van der Waals surface area contributed by atoms with E-state index in [1.807, 2.05) is 0 Å². The van der Waals surface area contributed by atoms with Crippen molar-refractivity contribution in [3.63, 3.8) is 0 Å². The van der Waals surface area contributed by atoms with Gasteiger partial charge < -0.3 is 20.3 Å². The lowest BCUT2D eigenvalue weighted by Gasteiger charge is -2.34. The zero-order valence-electron chi connectivity index (χ0n) is 12.7. The molecule has 2 atom stereocenters. The fourth-order valence-electron chi connectivity index (χ4n) is 3.34. The summed E-state index contributed by atoms with van der Waals surface area (Å²) in [5, 5.41) is 5.74. The molecule has 2 N–H and O–H groups in total. The molecule has 3 amide bonds. The SMILES string of the molecule is O=C1CCC(C(=O)N2CCC(NC(=O)C3CCCO3)CC2)N1. The van der Waals surface area contributed by atoms with Crippen LogP contribution < -0.4 is 10.6 Å².